The van der Waals surface area contributed by atoms with Crippen LogP contribution in [0.15, 0.2) is 34.2 Å². The van der Waals surface area contributed by atoms with Gasteiger partial charge < -0.3 is 10.1 Å². The van der Waals surface area contributed by atoms with Crippen LogP contribution in [0.2, 0.25) is 0 Å². The van der Waals surface area contributed by atoms with E-state index in [4.69, 9.17) is 4.74 Å². The van der Waals surface area contributed by atoms with Crippen molar-refractivity contribution in [3.63, 3.8) is 0 Å². The largest absolute Gasteiger partial charge is 0.383 e. The molecule has 2 heterocycles. The number of benzene rings is 1. The molecule has 1 N–H and O–H groups in total. The molecule has 0 saturated heterocycles. The van der Waals surface area contributed by atoms with E-state index in [0.717, 1.165) is 11.9 Å². The molecule has 0 unspecified atom stereocenters. The van der Waals surface area contributed by atoms with E-state index in [0.29, 0.717) is 35.4 Å². The van der Waals surface area contributed by atoms with E-state index in [-0.39, 0.29) is 23.3 Å². The van der Waals surface area contributed by atoms with Gasteiger partial charge in [0, 0.05) is 19.7 Å². The zero-order valence-electron chi connectivity index (χ0n) is 17.2. The van der Waals surface area contributed by atoms with Crippen molar-refractivity contribution in [1.29, 1.82) is 0 Å². The lowest BCUT2D eigenvalue weighted by Gasteiger charge is -2.13. The number of rotatable bonds is 9. The van der Waals surface area contributed by atoms with Crippen molar-refractivity contribution in [3.05, 3.63) is 34.6 Å². The minimum absolute atomic E-state index is 0.0645. The first-order valence-electron chi connectivity index (χ1n) is 9.70. The van der Waals surface area contributed by atoms with Crippen molar-refractivity contribution in [2.24, 2.45) is 5.92 Å². The molecule has 3 rings (SSSR count). The highest BCUT2D eigenvalue weighted by Crippen LogP contribution is 2.21. The Hall–Kier alpha value is -2.39. The maximum Gasteiger partial charge on any atom is 0.262 e. The second-order valence-corrected chi connectivity index (χ2v) is 8.43. The molecule has 29 heavy (non-hydrogen) atoms. The summed E-state index contributed by atoms with van der Waals surface area (Å²) in [7, 11) is 1.60. The molecular weight excluding hydrogens is 390 g/mol. The highest BCUT2D eigenvalue weighted by molar-refractivity contribution is 7.99. The van der Waals surface area contributed by atoms with Gasteiger partial charge in [0.25, 0.3) is 5.56 Å². The topological polar surface area (TPSA) is 90.5 Å². The number of fused-ring (bicyclic) bond motifs is 3. The maximum absolute atomic E-state index is 13.0. The normalized spacial score (nSPS) is 12.7. The van der Waals surface area contributed by atoms with Gasteiger partial charge in [0.05, 0.1) is 23.3 Å². The second kappa shape index (κ2) is 9.41. The Balaban J connectivity index is 1.95. The van der Waals surface area contributed by atoms with Gasteiger partial charge in [-0.25, -0.2) is 0 Å². The summed E-state index contributed by atoms with van der Waals surface area (Å²) < 4.78 is 8.59. The smallest absolute Gasteiger partial charge is 0.262 e. The molecule has 9 heteroatoms. The molecule has 8 nitrogen and oxygen atoms in total. The van der Waals surface area contributed by atoms with Crippen molar-refractivity contribution in [2.45, 2.75) is 44.9 Å². The number of nitrogens with zero attached hydrogens (tertiary/aromatic N) is 4. The fraction of sp³-hybridized carbons (Fsp3) is 0.500. The first-order chi connectivity index (χ1) is 13.9. The number of carbonyl (C=O) groups excluding carboxylic acids is 1. The van der Waals surface area contributed by atoms with Crippen LogP contribution in [0.5, 0.6) is 0 Å². The summed E-state index contributed by atoms with van der Waals surface area (Å²) in [6, 6.07) is 7.36. The number of aryl methyl sites for hydroxylation is 1. The molecule has 0 bridgehead atoms. The Labute approximate surface area is 173 Å². The summed E-state index contributed by atoms with van der Waals surface area (Å²) in [6.07, 6.45) is 0.864. The lowest BCUT2D eigenvalue weighted by molar-refractivity contribution is -0.119. The van der Waals surface area contributed by atoms with Crippen molar-refractivity contribution >= 4 is 34.3 Å². The number of methoxy groups -OCH3 is 1. The number of para-hydroxylation sites is 1. The van der Waals surface area contributed by atoms with E-state index in [1.165, 1.54) is 11.8 Å². The number of amides is 1. The Kier molecular flexibility index (Phi) is 6.92. The van der Waals surface area contributed by atoms with Crippen LogP contribution in [-0.4, -0.2) is 50.6 Å². The molecule has 0 saturated carbocycles. The summed E-state index contributed by atoms with van der Waals surface area (Å²) in [6.45, 7) is 7.16. The minimum Gasteiger partial charge on any atom is -0.383 e. The third kappa shape index (κ3) is 4.79. The van der Waals surface area contributed by atoms with Crippen molar-refractivity contribution in [3.8, 4) is 0 Å². The zero-order valence-corrected chi connectivity index (χ0v) is 18.0. The highest BCUT2D eigenvalue weighted by Gasteiger charge is 2.18. The van der Waals surface area contributed by atoms with E-state index in [9.17, 15) is 9.59 Å². The molecule has 1 aromatic carbocycles. The van der Waals surface area contributed by atoms with Crippen LogP contribution in [0.1, 0.15) is 27.2 Å². The number of nitrogens with one attached hydrogen (secondary N) is 1. The summed E-state index contributed by atoms with van der Waals surface area (Å²) >= 11 is 1.30. The van der Waals surface area contributed by atoms with Gasteiger partial charge in [-0.05, 0) is 31.4 Å². The Morgan fingerprint density at radius 2 is 2.00 bits per heavy atom. The predicted octanol–water partition coefficient (Wildman–Crippen LogP) is 2.33. The van der Waals surface area contributed by atoms with Crippen molar-refractivity contribution in [2.75, 3.05) is 19.5 Å². The molecular formula is C20H27N5O3S. The number of hydrogen-bond acceptors (Lipinski definition) is 6. The Bertz CT molecular complexity index is 1060. The van der Waals surface area contributed by atoms with E-state index >= 15 is 0 Å². The first kappa shape index (κ1) is 21.3. The van der Waals surface area contributed by atoms with Crippen LogP contribution < -0.4 is 10.9 Å². The maximum atomic E-state index is 13.0. The third-order valence-electron chi connectivity index (χ3n) is 4.56. The third-order valence-corrected chi connectivity index (χ3v) is 5.49. The Morgan fingerprint density at radius 1 is 1.24 bits per heavy atom. The zero-order chi connectivity index (χ0) is 21.0. The van der Waals surface area contributed by atoms with E-state index < -0.39 is 0 Å². The molecule has 3 aromatic rings. The minimum atomic E-state index is -0.103. The molecule has 0 aliphatic carbocycles. The molecule has 1 atom stereocenters. The van der Waals surface area contributed by atoms with Gasteiger partial charge >= 0.3 is 0 Å². The molecule has 0 radical (unpaired) electrons. The average Bonchev–Trinajstić information content (AvgIpc) is 3.10. The average molecular weight is 418 g/mol. The lowest BCUT2D eigenvalue weighted by Crippen LogP contribution is -2.36. The van der Waals surface area contributed by atoms with Gasteiger partial charge in [-0.15, -0.1) is 10.2 Å². The monoisotopic (exact) mass is 417 g/mol. The molecule has 1 amide bonds. The SMILES string of the molecule is COC[C@H](C)NC(=O)CSc1nnc2n(CCC(C)C)c(=O)c3ccccc3n12. The summed E-state index contributed by atoms with van der Waals surface area (Å²) in [5, 5.41) is 12.6. The van der Waals surface area contributed by atoms with Crippen molar-refractivity contribution in [1.82, 2.24) is 24.5 Å². The molecule has 0 spiro atoms. The van der Waals surface area contributed by atoms with Gasteiger partial charge in [-0.2, -0.15) is 0 Å². The van der Waals surface area contributed by atoms with Crippen molar-refractivity contribution < 1.29 is 9.53 Å². The van der Waals surface area contributed by atoms with Gasteiger partial charge in [0.2, 0.25) is 11.7 Å². The lowest BCUT2D eigenvalue weighted by atomic mass is 10.1. The summed E-state index contributed by atoms with van der Waals surface area (Å²) in [5.41, 5.74) is 0.679. The molecule has 0 aliphatic heterocycles. The number of thioether (sulfide) groups is 1. The molecule has 2 aromatic heterocycles. The predicted molar refractivity (Wildman–Crippen MR) is 114 cm³/mol. The van der Waals surface area contributed by atoms with Crippen LogP contribution in [0.25, 0.3) is 16.7 Å². The molecule has 0 aliphatic rings. The van der Waals surface area contributed by atoms with Crippen LogP contribution >= 0.6 is 11.8 Å². The van der Waals surface area contributed by atoms with Gasteiger partial charge in [-0.3, -0.25) is 18.6 Å². The van der Waals surface area contributed by atoms with E-state index in [1.807, 2.05) is 35.6 Å². The van der Waals surface area contributed by atoms with Crippen LogP contribution in [0.4, 0.5) is 0 Å². The second-order valence-electron chi connectivity index (χ2n) is 7.49. The summed E-state index contributed by atoms with van der Waals surface area (Å²) in [5.74, 6) is 1.07. The molecule has 156 valence electrons. The highest BCUT2D eigenvalue weighted by atomic mass is 32.2. The first-order valence-corrected chi connectivity index (χ1v) is 10.7. The Morgan fingerprint density at radius 3 is 2.72 bits per heavy atom. The number of ether oxygens (including phenoxy) is 1. The molecule has 0 fully saturated rings. The summed E-state index contributed by atoms with van der Waals surface area (Å²) in [4.78, 5) is 25.2. The van der Waals surface area contributed by atoms with Crippen LogP contribution in [0, 0.1) is 5.92 Å². The van der Waals surface area contributed by atoms with E-state index in [1.54, 1.807) is 11.7 Å². The fourth-order valence-corrected chi connectivity index (χ4v) is 3.91. The van der Waals surface area contributed by atoms with Gasteiger partial charge in [0.1, 0.15) is 0 Å². The van der Waals surface area contributed by atoms with Crippen LogP contribution in [-0.2, 0) is 16.1 Å². The fourth-order valence-electron chi connectivity index (χ4n) is 3.15. The van der Waals surface area contributed by atoms with Gasteiger partial charge in [-0.1, -0.05) is 37.7 Å². The van der Waals surface area contributed by atoms with E-state index in [2.05, 4.69) is 29.4 Å². The standard InChI is InChI=1S/C20H27N5O3S/c1-13(2)9-10-24-18(27)15-7-5-6-8-16(15)25-19(24)22-23-20(25)29-12-17(26)21-14(3)11-28-4/h5-8,13-14H,9-12H2,1-4H3,(H,21,26)/t14-/m0/s1. The number of hydrogen-bond donors (Lipinski definition) is 1. The quantitative estimate of drug-likeness (QED) is 0.538. The number of aromatic nitrogens is 4. The number of carbonyl (C=O) groups is 1. The van der Waals surface area contributed by atoms with Gasteiger partial charge in [0.15, 0.2) is 5.16 Å². The van der Waals surface area contributed by atoms with Crippen LogP contribution in [0.3, 0.4) is 0 Å².